The van der Waals surface area contributed by atoms with Crippen molar-refractivity contribution in [3.63, 3.8) is 0 Å². The predicted octanol–water partition coefficient (Wildman–Crippen LogP) is 2.51. The number of aryl methyl sites for hydroxylation is 1. The van der Waals surface area contributed by atoms with Gasteiger partial charge >= 0.3 is 6.03 Å². The molecule has 0 spiro atoms. The summed E-state index contributed by atoms with van der Waals surface area (Å²) in [4.78, 5) is 38.3. The number of hydrogen-bond acceptors (Lipinski definition) is 6. The predicted molar refractivity (Wildman–Crippen MR) is 131 cm³/mol. The topological polar surface area (TPSA) is 71.5 Å². The first-order chi connectivity index (χ1) is 16.4. The number of likely N-dealkylation sites (N-methyl/N-ethyl adjacent to an activating group) is 1. The van der Waals surface area contributed by atoms with Gasteiger partial charge in [0, 0.05) is 51.3 Å². The van der Waals surface area contributed by atoms with Crippen molar-refractivity contribution in [3.8, 4) is 0 Å². The second-order valence-electron chi connectivity index (χ2n) is 9.20. The molecule has 0 bridgehead atoms. The fraction of sp³-hybridized carbons (Fsp3) is 0.400. The number of imide groups is 1. The maximum Gasteiger partial charge on any atom is 0.325 e. The number of hydrogen-bond donors (Lipinski definition) is 1. The van der Waals surface area contributed by atoms with Gasteiger partial charge in [-0.25, -0.2) is 9.79 Å². The van der Waals surface area contributed by atoms with Gasteiger partial charge in [0.1, 0.15) is 0 Å². The van der Waals surface area contributed by atoms with Crippen molar-refractivity contribution in [1.82, 2.24) is 24.9 Å². The highest BCUT2D eigenvalue weighted by Crippen LogP contribution is 2.28. The van der Waals surface area contributed by atoms with E-state index in [9.17, 15) is 9.59 Å². The van der Waals surface area contributed by atoms with Crippen molar-refractivity contribution < 1.29 is 9.59 Å². The Hall–Kier alpha value is -3.10. The minimum Gasteiger partial charge on any atom is -0.340 e. The Morgan fingerprint density at radius 2 is 1.71 bits per heavy atom. The zero-order chi connectivity index (χ0) is 23.8. The molecule has 178 valence electrons. The van der Waals surface area contributed by atoms with E-state index >= 15 is 0 Å². The lowest BCUT2D eigenvalue weighted by Crippen LogP contribution is -2.64. The third-order valence-corrected chi connectivity index (χ3v) is 6.96. The van der Waals surface area contributed by atoms with Crippen LogP contribution in [0.3, 0.4) is 0 Å². The molecule has 3 aliphatic rings. The van der Waals surface area contributed by atoms with Crippen LogP contribution in [-0.2, 0) is 17.9 Å². The third kappa shape index (κ3) is 4.48. The Kier molecular flexibility index (Phi) is 6.18. The Labute approximate surface area is 204 Å². The molecule has 0 aromatic heterocycles. The van der Waals surface area contributed by atoms with Gasteiger partial charge < -0.3 is 14.7 Å². The standard InChI is InChI=1S/C25H29ClN6O2/c1-17-5-3-6-18(13-17)16-32-21-22(29(2)25(34)28-23(21)33)27-24(32)31-11-9-30(10-12-31)15-19-7-4-8-20(26)14-19/h3-8,13-14,21-22H,9-12,15-16H2,1-2H3,(H,28,33,34). The summed E-state index contributed by atoms with van der Waals surface area (Å²) in [6.07, 6.45) is -0.523. The highest BCUT2D eigenvalue weighted by molar-refractivity contribution is 6.30. The van der Waals surface area contributed by atoms with E-state index < -0.39 is 18.2 Å². The molecule has 2 unspecified atom stereocenters. The Morgan fingerprint density at radius 3 is 2.41 bits per heavy atom. The minimum atomic E-state index is -0.539. The highest BCUT2D eigenvalue weighted by Gasteiger charge is 2.49. The van der Waals surface area contributed by atoms with Crippen LogP contribution in [0.25, 0.3) is 0 Å². The van der Waals surface area contributed by atoms with Crippen LogP contribution in [0, 0.1) is 6.92 Å². The molecule has 8 nitrogen and oxygen atoms in total. The van der Waals surface area contributed by atoms with Gasteiger partial charge in [0.05, 0.1) is 0 Å². The number of nitrogens with one attached hydrogen (secondary N) is 1. The Balaban J connectivity index is 1.35. The molecule has 0 aliphatic carbocycles. The maximum absolute atomic E-state index is 12.9. The summed E-state index contributed by atoms with van der Waals surface area (Å²) < 4.78 is 0. The summed E-state index contributed by atoms with van der Waals surface area (Å²) in [6.45, 7) is 6.80. The summed E-state index contributed by atoms with van der Waals surface area (Å²) in [6, 6.07) is 15.3. The molecule has 0 saturated carbocycles. The SMILES string of the molecule is Cc1cccc(CN2C(N3CCN(Cc4cccc(Cl)c4)CC3)=NC3C2C(=O)NC(=O)N3C)c1. The molecule has 2 aromatic rings. The number of nitrogens with zero attached hydrogens (tertiary/aromatic N) is 5. The molecule has 3 heterocycles. The van der Waals surface area contributed by atoms with Gasteiger partial charge in [-0.15, -0.1) is 0 Å². The number of amides is 3. The molecule has 2 aromatic carbocycles. The van der Waals surface area contributed by atoms with Crippen molar-refractivity contribution in [2.24, 2.45) is 4.99 Å². The number of guanidine groups is 1. The molecule has 2 saturated heterocycles. The molecule has 0 radical (unpaired) electrons. The van der Waals surface area contributed by atoms with Gasteiger partial charge in [-0.3, -0.25) is 15.0 Å². The zero-order valence-corrected chi connectivity index (χ0v) is 20.2. The van der Waals surface area contributed by atoms with Crippen LogP contribution < -0.4 is 5.32 Å². The number of urea groups is 1. The van der Waals surface area contributed by atoms with Gasteiger partial charge in [-0.2, -0.15) is 0 Å². The quantitative estimate of drug-likeness (QED) is 0.728. The number of carbonyl (C=O) groups is 2. The Bertz CT molecular complexity index is 1130. The molecule has 1 N–H and O–H groups in total. The largest absolute Gasteiger partial charge is 0.340 e. The van der Waals surface area contributed by atoms with Gasteiger partial charge in [-0.05, 0) is 30.2 Å². The van der Waals surface area contributed by atoms with Crippen molar-refractivity contribution in [1.29, 1.82) is 0 Å². The smallest absolute Gasteiger partial charge is 0.325 e. The molecule has 9 heteroatoms. The van der Waals surface area contributed by atoms with Crippen LogP contribution in [0.1, 0.15) is 16.7 Å². The molecular weight excluding hydrogens is 452 g/mol. The highest BCUT2D eigenvalue weighted by atomic mass is 35.5. The monoisotopic (exact) mass is 480 g/mol. The number of rotatable bonds is 4. The van der Waals surface area contributed by atoms with Crippen molar-refractivity contribution in [2.45, 2.75) is 32.2 Å². The first-order valence-electron chi connectivity index (χ1n) is 11.6. The summed E-state index contributed by atoms with van der Waals surface area (Å²) in [5.74, 6) is 0.495. The van der Waals surface area contributed by atoms with Crippen LogP contribution in [0.4, 0.5) is 4.79 Å². The van der Waals surface area contributed by atoms with E-state index in [1.54, 1.807) is 7.05 Å². The summed E-state index contributed by atoms with van der Waals surface area (Å²) in [7, 11) is 1.69. The number of benzene rings is 2. The van der Waals surface area contributed by atoms with Crippen LogP contribution in [-0.4, -0.2) is 82.9 Å². The lowest BCUT2D eigenvalue weighted by molar-refractivity contribution is -0.127. The normalized spacial score (nSPS) is 23.1. The average Bonchev–Trinajstić information content (AvgIpc) is 3.18. The van der Waals surface area contributed by atoms with E-state index in [-0.39, 0.29) is 5.91 Å². The number of fused-ring (bicyclic) bond motifs is 1. The molecule has 2 atom stereocenters. The van der Waals surface area contributed by atoms with Crippen molar-refractivity contribution >= 4 is 29.5 Å². The molecule has 5 rings (SSSR count). The second kappa shape index (κ2) is 9.27. The van der Waals surface area contributed by atoms with E-state index in [4.69, 9.17) is 16.6 Å². The summed E-state index contributed by atoms with van der Waals surface area (Å²) in [5.41, 5.74) is 3.48. The summed E-state index contributed by atoms with van der Waals surface area (Å²) in [5, 5.41) is 3.24. The average molecular weight is 481 g/mol. The number of carbonyl (C=O) groups excluding carboxylic acids is 2. The maximum atomic E-state index is 12.9. The van der Waals surface area contributed by atoms with E-state index in [1.165, 1.54) is 16.0 Å². The van der Waals surface area contributed by atoms with Crippen LogP contribution in [0.2, 0.25) is 5.02 Å². The van der Waals surface area contributed by atoms with E-state index in [1.807, 2.05) is 24.3 Å². The van der Waals surface area contributed by atoms with E-state index in [0.717, 1.165) is 49.3 Å². The number of aliphatic imine (C=N–C) groups is 1. The molecular formula is C25H29ClN6O2. The van der Waals surface area contributed by atoms with E-state index in [0.29, 0.717) is 6.54 Å². The third-order valence-electron chi connectivity index (χ3n) is 6.72. The zero-order valence-electron chi connectivity index (χ0n) is 19.4. The van der Waals surface area contributed by atoms with Crippen LogP contribution in [0.15, 0.2) is 53.5 Å². The lowest BCUT2D eigenvalue weighted by atomic mass is 10.1. The second-order valence-corrected chi connectivity index (χ2v) is 9.64. The van der Waals surface area contributed by atoms with Crippen molar-refractivity contribution in [3.05, 3.63) is 70.2 Å². The van der Waals surface area contributed by atoms with Gasteiger partial charge in [-0.1, -0.05) is 53.6 Å². The minimum absolute atomic E-state index is 0.293. The number of piperazine rings is 1. The molecule has 3 amide bonds. The van der Waals surface area contributed by atoms with E-state index in [2.05, 4.69) is 51.2 Å². The van der Waals surface area contributed by atoms with Gasteiger partial charge in [0.2, 0.25) is 0 Å². The lowest BCUT2D eigenvalue weighted by Gasteiger charge is -2.40. The molecule has 3 aliphatic heterocycles. The fourth-order valence-corrected chi connectivity index (χ4v) is 5.16. The van der Waals surface area contributed by atoms with Crippen molar-refractivity contribution in [2.75, 3.05) is 33.2 Å². The number of halogens is 1. The van der Waals surface area contributed by atoms with Crippen LogP contribution in [0.5, 0.6) is 0 Å². The first kappa shape index (κ1) is 22.7. The van der Waals surface area contributed by atoms with Crippen LogP contribution >= 0.6 is 11.6 Å². The summed E-state index contributed by atoms with van der Waals surface area (Å²) >= 11 is 6.15. The first-order valence-corrected chi connectivity index (χ1v) is 12.0. The molecule has 2 fully saturated rings. The van der Waals surface area contributed by atoms with Gasteiger partial charge in [0.25, 0.3) is 5.91 Å². The molecule has 34 heavy (non-hydrogen) atoms. The Morgan fingerprint density at radius 1 is 1.00 bits per heavy atom. The van der Waals surface area contributed by atoms with Gasteiger partial charge in [0.15, 0.2) is 18.2 Å². The fourth-order valence-electron chi connectivity index (χ4n) is 4.95.